The summed E-state index contributed by atoms with van der Waals surface area (Å²) in [5, 5.41) is 2.85. The third-order valence-electron chi connectivity index (χ3n) is 3.97. The Morgan fingerprint density at radius 1 is 1.18 bits per heavy atom. The lowest BCUT2D eigenvalue weighted by molar-refractivity contribution is 0.0399. The first-order chi connectivity index (χ1) is 10.8. The molecule has 1 aromatic carbocycles. The molecule has 4 rings (SSSR count). The van der Waals surface area contributed by atoms with Crippen LogP contribution >= 0.6 is 22.9 Å². The molecule has 0 aliphatic carbocycles. The second kappa shape index (κ2) is 5.88. The molecule has 2 aromatic heterocycles. The first kappa shape index (κ1) is 14.0. The van der Waals surface area contributed by atoms with Gasteiger partial charge in [-0.3, -0.25) is 4.98 Å². The standard InChI is InChI=1S/C17H15ClN2OS/c18-13-3-1-12(2-4-13)16-11-20(8-9-21-16)15-5-7-19-14-6-10-22-17(14)15/h1-7,10,16H,8-9,11H2. The second-order valence-electron chi connectivity index (χ2n) is 5.32. The van der Waals surface area contributed by atoms with E-state index in [1.165, 1.54) is 16.0 Å². The summed E-state index contributed by atoms with van der Waals surface area (Å²) in [5.41, 5.74) is 3.49. The molecule has 22 heavy (non-hydrogen) atoms. The van der Waals surface area contributed by atoms with E-state index in [-0.39, 0.29) is 6.10 Å². The first-order valence-electron chi connectivity index (χ1n) is 7.25. The third kappa shape index (κ3) is 2.58. The molecule has 1 aliphatic heterocycles. The zero-order valence-electron chi connectivity index (χ0n) is 11.9. The van der Waals surface area contributed by atoms with Crippen LogP contribution < -0.4 is 4.90 Å². The molecular formula is C17H15ClN2OS. The van der Waals surface area contributed by atoms with Crippen LogP contribution in [-0.2, 0) is 4.74 Å². The molecule has 1 fully saturated rings. The Morgan fingerprint density at radius 2 is 2.05 bits per heavy atom. The van der Waals surface area contributed by atoms with Crippen LogP contribution in [0, 0.1) is 0 Å². The normalized spacial score (nSPS) is 18.8. The van der Waals surface area contributed by atoms with E-state index in [1.807, 2.05) is 30.5 Å². The topological polar surface area (TPSA) is 25.4 Å². The van der Waals surface area contributed by atoms with E-state index in [4.69, 9.17) is 16.3 Å². The van der Waals surface area contributed by atoms with E-state index < -0.39 is 0 Å². The van der Waals surface area contributed by atoms with Gasteiger partial charge >= 0.3 is 0 Å². The van der Waals surface area contributed by atoms with Crippen molar-refractivity contribution in [1.29, 1.82) is 0 Å². The summed E-state index contributed by atoms with van der Waals surface area (Å²) in [6.45, 7) is 2.47. The van der Waals surface area contributed by atoms with Crippen LogP contribution in [0.5, 0.6) is 0 Å². The molecule has 112 valence electrons. The van der Waals surface area contributed by atoms with Crippen molar-refractivity contribution >= 4 is 38.8 Å². The van der Waals surface area contributed by atoms with Gasteiger partial charge in [-0.05, 0) is 35.2 Å². The fourth-order valence-electron chi connectivity index (χ4n) is 2.86. The summed E-state index contributed by atoms with van der Waals surface area (Å²) in [6.07, 6.45) is 1.96. The van der Waals surface area contributed by atoms with Crippen LogP contribution in [0.3, 0.4) is 0 Å². The van der Waals surface area contributed by atoms with Crippen LogP contribution in [-0.4, -0.2) is 24.7 Å². The lowest BCUT2D eigenvalue weighted by Gasteiger charge is -2.35. The van der Waals surface area contributed by atoms with Gasteiger partial charge in [0, 0.05) is 24.3 Å². The molecule has 3 aromatic rings. The lowest BCUT2D eigenvalue weighted by atomic mass is 10.1. The molecule has 0 spiro atoms. The van der Waals surface area contributed by atoms with E-state index >= 15 is 0 Å². The Bertz CT molecular complexity index is 787. The number of thiophene rings is 1. The number of fused-ring (bicyclic) bond motifs is 1. The Morgan fingerprint density at radius 3 is 2.91 bits per heavy atom. The summed E-state index contributed by atoms with van der Waals surface area (Å²) < 4.78 is 7.20. The smallest absolute Gasteiger partial charge is 0.100 e. The van der Waals surface area contributed by atoms with E-state index in [0.29, 0.717) is 0 Å². The van der Waals surface area contributed by atoms with E-state index in [9.17, 15) is 0 Å². The molecule has 0 saturated carbocycles. The molecule has 1 atom stereocenters. The molecule has 1 aliphatic rings. The molecular weight excluding hydrogens is 316 g/mol. The molecule has 0 radical (unpaired) electrons. The van der Waals surface area contributed by atoms with Gasteiger partial charge in [0.1, 0.15) is 6.10 Å². The van der Waals surface area contributed by atoms with Crippen LogP contribution in [0.2, 0.25) is 5.02 Å². The number of benzene rings is 1. The zero-order chi connectivity index (χ0) is 14.9. The Balaban J connectivity index is 1.63. The molecule has 0 bridgehead atoms. The van der Waals surface area contributed by atoms with Crippen molar-refractivity contribution in [2.24, 2.45) is 0 Å². The number of hydrogen-bond acceptors (Lipinski definition) is 4. The molecule has 1 unspecified atom stereocenters. The minimum atomic E-state index is 0.0780. The highest BCUT2D eigenvalue weighted by molar-refractivity contribution is 7.17. The van der Waals surface area contributed by atoms with Crippen molar-refractivity contribution in [2.45, 2.75) is 6.10 Å². The Hall–Kier alpha value is -1.62. The number of aromatic nitrogens is 1. The van der Waals surface area contributed by atoms with Gasteiger partial charge in [-0.15, -0.1) is 11.3 Å². The summed E-state index contributed by atoms with van der Waals surface area (Å²) in [6, 6.07) is 12.1. The van der Waals surface area contributed by atoms with Crippen LogP contribution in [0.4, 0.5) is 5.69 Å². The number of hydrogen-bond donors (Lipinski definition) is 0. The Kier molecular flexibility index (Phi) is 3.74. The number of anilines is 1. The van der Waals surface area contributed by atoms with Crippen LogP contribution in [0.15, 0.2) is 48.0 Å². The number of ether oxygens (including phenoxy) is 1. The largest absolute Gasteiger partial charge is 0.370 e. The monoisotopic (exact) mass is 330 g/mol. The van der Waals surface area contributed by atoms with Gasteiger partial charge in [0.15, 0.2) is 0 Å². The highest BCUT2D eigenvalue weighted by Gasteiger charge is 2.23. The molecule has 3 nitrogen and oxygen atoms in total. The van der Waals surface area contributed by atoms with Crippen molar-refractivity contribution in [3.63, 3.8) is 0 Å². The van der Waals surface area contributed by atoms with Crippen molar-refractivity contribution in [3.05, 3.63) is 58.6 Å². The summed E-state index contributed by atoms with van der Waals surface area (Å²) in [4.78, 5) is 6.81. The molecule has 3 heterocycles. The molecule has 0 N–H and O–H groups in total. The molecule has 5 heteroatoms. The highest BCUT2D eigenvalue weighted by Crippen LogP contribution is 2.33. The SMILES string of the molecule is Clc1ccc(C2CN(c3ccnc4ccsc34)CCO2)cc1. The number of morpholine rings is 1. The number of rotatable bonds is 2. The minimum Gasteiger partial charge on any atom is -0.370 e. The minimum absolute atomic E-state index is 0.0780. The van der Waals surface area contributed by atoms with Crippen molar-refractivity contribution in [3.8, 4) is 0 Å². The number of halogens is 1. The quantitative estimate of drug-likeness (QED) is 0.690. The predicted molar refractivity (Wildman–Crippen MR) is 92.0 cm³/mol. The second-order valence-corrected chi connectivity index (χ2v) is 6.67. The number of pyridine rings is 1. The van der Waals surface area contributed by atoms with Gasteiger partial charge in [-0.1, -0.05) is 23.7 Å². The van der Waals surface area contributed by atoms with Gasteiger partial charge in [0.05, 0.1) is 22.5 Å². The van der Waals surface area contributed by atoms with Gasteiger partial charge in [0.2, 0.25) is 0 Å². The van der Waals surface area contributed by atoms with Gasteiger partial charge in [-0.25, -0.2) is 0 Å². The Labute approximate surface area is 138 Å². The van der Waals surface area contributed by atoms with E-state index in [0.717, 1.165) is 30.2 Å². The molecule has 1 saturated heterocycles. The third-order valence-corrected chi connectivity index (χ3v) is 5.15. The van der Waals surface area contributed by atoms with Gasteiger partial charge in [-0.2, -0.15) is 0 Å². The fourth-order valence-corrected chi connectivity index (χ4v) is 3.87. The maximum atomic E-state index is 5.97. The van der Waals surface area contributed by atoms with Crippen molar-refractivity contribution in [1.82, 2.24) is 4.98 Å². The van der Waals surface area contributed by atoms with Crippen molar-refractivity contribution in [2.75, 3.05) is 24.6 Å². The van der Waals surface area contributed by atoms with Crippen LogP contribution in [0.25, 0.3) is 10.2 Å². The predicted octanol–water partition coefficient (Wildman–Crippen LogP) is 4.53. The molecule has 0 amide bonds. The van der Waals surface area contributed by atoms with Gasteiger partial charge in [0.25, 0.3) is 0 Å². The summed E-state index contributed by atoms with van der Waals surface area (Å²) in [7, 11) is 0. The van der Waals surface area contributed by atoms with Gasteiger partial charge < -0.3 is 9.64 Å². The average molecular weight is 331 g/mol. The van der Waals surface area contributed by atoms with E-state index in [1.54, 1.807) is 11.3 Å². The van der Waals surface area contributed by atoms with Crippen LogP contribution in [0.1, 0.15) is 11.7 Å². The zero-order valence-corrected chi connectivity index (χ0v) is 13.5. The fraction of sp³-hybridized carbons (Fsp3) is 0.235. The maximum absolute atomic E-state index is 5.97. The lowest BCUT2D eigenvalue weighted by Crippen LogP contribution is -2.38. The highest BCUT2D eigenvalue weighted by atomic mass is 35.5. The summed E-state index contributed by atoms with van der Waals surface area (Å²) in [5.74, 6) is 0. The first-order valence-corrected chi connectivity index (χ1v) is 8.51. The van der Waals surface area contributed by atoms with E-state index in [2.05, 4.69) is 27.4 Å². The maximum Gasteiger partial charge on any atom is 0.100 e. The summed E-state index contributed by atoms with van der Waals surface area (Å²) >= 11 is 7.72. The van der Waals surface area contributed by atoms with Crippen molar-refractivity contribution < 1.29 is 4.74 Å². The number of nitrogens with zero attached hydrogens (tertiary/aromatic N) is 2. The average Bonchev–Trinajstić information content (AvgIpc) is 3.04.